The molecule has 2 amide bonds. The van der Waals surface area contributed by atoms with Crippen LogP contribution >= 0.6 is 12.2 Å². The first-order valence-electron chi connectivity index (χ1n) is 8.89. The molecular weight excluding hydrogens is 386 g/mol. The quantitative estimate of drug-likeness (QED) is 0.400. The van der Waals surface area contributed by atoms with Crippen molar-refractivity contribution in [2.45, 2.75) is 6.92 Å². The minimum absolute atomic E-state index is 0.0150. The molecule has 3 aromatic rings. The van der Waals surface area contributed by atoms with Gasteiger partial charge < -0.3 is 9.67 Å². The molecule has 29 heavy (non-hydrogen) atoms. The Morgan fingerprint density at radius 1 is 1.00 bits per heavy atom. The van der Waals surface area contributed by atoms with Crippen molar-refractivity contribution < 1.29 is 14.7 Å². The topological polar surface area (TPSA) is 74.6 Å². The summed E-state index contributed by atoms with van der Waals surface area (Å²) in [6.45, 7) is 1.92. The molecule has 0 unspecified atom stereocenters. The zero-order valence-electron chi connectivity index (χ0n) is 15.5. The Morgan fingerprint density at radius 3 is 2.48 bits per heavy atom. The SMILES string of the molecule is Cc1cccc(N2C(=O)/C(=C/c3cccn3-c3ccc(O)cc3)C(=O)NC2=S)c1. The van der Waals surface area contributed by atoms with Gasteiger partial charge in [-0.2, -0.15) is 0 Å². The van der Waals surface area contributed by atoms with E-state index in [0.29, 0.717) is 11.4 Å². The highest BCUT2D eigenvalue weighted by atomic mass is 32.1. The maximum absolute atomic E-state index is 13.1. The number of anilines is 1. The second-order valence-corrected chi connectivity index (χ2v) is 7.00. The number of carbonyl (C=O) groups excluding carboxylic acids is 2. The lowest BCUT2D eigenvalue weighted by Crippen LogP contribution is -2.54. The lowest BCUT2D eigenvalue weighted by atomic mass is 10.1. The zero-order chi connectivity index (χ0) is 20.5. The molecular formula is C22H17N3O3S. The molecule has 6 nitrogen and oxygen atoms in total. The van der Waals surface area contributed by atoms with Crippen molar-refractivity contribution >= 4 is 40.9 Å². The Morgan fingerprint density at radius 2 is 1.76 bits per heavy atom. The fourth-order valence-electron chi connectivity index (χ4n) is 3.17. The maximum atomic E-state index is 13.1. The number of phenols is 1. The largest absolute Gasteiger partial charge is 0.508 e. The Balaban J connectivity index is 1.75. The highest BCUT2D eigenvalue weighted by Gasteiger charge is 2.34. The lowest BCUT2D eigenvalue weighted by Gasteiger charge is -2.29. The summed E-state index contributed by atoms with van der Waals surface area (Å²) in [5.74, 6) is -0.866. The van der Waals surface area contributed by atoms with Crippen molar-refractivity contribution in [3.63, 3.8) is 0 Å². The van der Waals surface area contributed by atoms with E-state index in [9.17, 15) is 14.7 Å². The van der Waals surface area contributed by atoms with Gasteiger partial charge in [0.2, 0.25) is 0 Å². The van der Waals surface area contributed by atoms with Crippen LogP contribution in [0.5, 0.6) is 5.75 Å². The Labute approximate surface area is 172 Å². The van der Waals surface area contributed by atoms with Gasteiger partial charge >= 0.3 is 0 Å². The van der Waals surface area contributed by atoms with Crippen LogP contribution in [0.3, 0.4) is 0 Å². The summed E-state index contributed by atoms with van der Waals surface area (Å²) in [7, 11) is 0. The Hall–Kier alpha value is -3.71. The summed E-state index contributed by atoms with van der Waals surface area (Å²) in [5.41, 5.74) is 2.99. The van der Waals surface area contributed by atoms with Gasteiger partial charge in [-0.1, -0.05) is 12.1 Å². The second kappa shape index (κ2) is 7.37. The third kappa shape index (κ3) is 3.55. The number of hydrogen-bond donors (Lipinski definition) is 2. The highest BCUT2D eigenvalue weighted by Crippen LogP contribution is 2.24. The molecule has 4 rings (SSSR count). The van der Waals surface area contributed by atoms with E-state index in [4.69, 9.17) is 12.2 Å². The molecule has 1 saturated heterocycles. The first-order chi connectivity index (χ1) is 13.9. The molecule has 0 aliphatic carbocycles. The molecule has 2 aromatic carbocycles. The fraction of sp³-hybridized carbons (Fsp3) is 0.0455. The minimum atomic E-state index is -0.539. The first kappa shape index (κ1) is 18.6. The number of hydrogen-bond acceptors (Lipinski definition) is 4. The molecule has 2 heterocycles. The van der Waals surface area contributed by atoms with Crippen molar-refractivity contribution in [3.8, 4) is 11.4 Å². The second-order valence-electron chi connectivity index (χ2n) is 6.62. The summed E-state index contributed by atoms with van der Waals surface area (Å²) >= 11 is 5.24. The van der Waals surface area contributed by atoms with E-state index in [-0.39, 0.29) is 16.4 Å². The predicted octanol–water partition coefficient (Wildman–Crippen LogP) is 3.32. The first-order valence-corrected chi connectivity index (χ1v) is 9.30. The Kier molecular flexibility index (Phi) is 4.74. The number of thiocarbonyl (C=S) groups is 1. The number of aromatic hydroxyl groups is 1. The summed E-state index contributed by atoms with van der Waals surface area (Å²) in [6, 6.07) is 17.6. The van der Waals surface area contributed by atoms with Gasteiger partial charge in [-0.3, -0.25) is 19.8 Å². The minimum Gasteiger partial charge on any atom is -0.508 e. The number of phenolic OH excluding ortho intramolecular Hbond substituents is 1. The van der Waals surface area contributed by atoms with Crippen LogP contribution in [-0.2, 0) is 9.59 Å². The highest BCUT2D eigenvalue weighted by molar-refractivity contribution is 7.80. The average molecular weight is 403 g/mol. The van der Waals surface area contributed by atoms with Crippen molar-refractivity contribution in [1.29, 1.82) is 0 Å². The summed E-state index contributed by atoms with van der Waals surface area (Å²) in [5, 5.41) is 12.1. The summed E-state index contributed by atoms with van der Waals surface area (Å²) < 4.78 is 1.82. The van der Waals surface area contributed by atoms with Crippen molar-refractivity contribution in [2.75, 3.05) is 4.90 Å². The number of aryl methyl sites for hydroxylation is 1. The number of nitrogens with one attached hydrogen (secondary N) is 1. The molecule has 1 aromatic heterocycles. The predicted molar refractivity (Wildman–Crippen MR) is 115 cm³/mol. The van der Waals surface area contributed by atoms with Gasteiger partial charge in [0, 0.05) is 17.6 Å². The zero-order valence-corrected chi connectivity index (χ0v) is 16.3. The van der Waals surface area contributed by atoms with Crippen LogP contribution in [0.15, 0.2) is 72.4 Å². The van der Waals surface area contributed by atoms with Crippen molar-refractivity contribution in [3.05, 3.63) is 83.7 Å². The van der Waals surface area contributed by atoms with Gasteiger partial charge in [-0.15, -0.1) is 0 Å². The van der Waals surface area contributed by atoms with Gasteiger partial charge in [0.15, 0.2) is 5.11 Å². The van der Waals surface area contributed by atoms with E-state index in [1.807, 2.05) is 42.0 Å². The van der Waals surface area contributed by atoms with E-state index >= 15 is 0 Å². The number of nitrogens with zero attached hydrogens (tertiary/aromatic N) is 2. The third-order valence-corrected chi connectivity index (χ3v) is 4.85. The molecule has 1 fully saturated rings. The third-order valence-electron chi connectivity index (χ3n) is 4.56. The smallest absolute Gasteiger partial charge is 0.270 e. The molecule has 0 atom stereocenters. The molecule has 1 aliphatic heterocycles. The summed E-state index contributed by atoms with van der Waals surface area (Å²) in [4.78, 5) is 27.0. The van der Waals surface area contributed by atoms with Gasteiger partial charge in [0.25, 0.3) is 11.8 Å². The van der Waals surface area contributed by atoms with Crippen LogP contribution < -0.4 is 10.2 Å². The monoisotopic (exact) mass is 403 g/mol. The van der Waals surface area contributed by atoms with Crippen molar-refractivity contribution in [1.82, 2.24) is 9.88 Å². The molecule has 0 saturated carbocycles. The van der Waals surface area contributed by atoms with Crippen molar-refractivity contribution in [2.24, 2.45) is 0 Å². The van der Waals surface area contributed by atoms with Crippen LogP contribution in [-0.4, -0.2) is 26.6 Å². The van der Waals surface area contributed by atoms with Crippen LogP contribution in [0.25, 0.3) is 11.8 Å². The molecule has 7 heteroatoms. The fourth-order valence-corrected chi connectivity index (χ4v) is 3.45. The van der Waals surface area contributed by atoms with Crippen LogP contribution in [0, 0.1) is 6.92 Å². The van der Waals surface area contributed by atoms with Crippen LogP contribution in [0.2, 0.25) is 0 Å². The molecule has 0 bridgehead atoms. The van der Waals surface area contributed by atoms with E-state index in [0.717, 1.165) is 11.3 Å². The standard InChI is InChI=1S/C22H17N3O3S/c1-14-4-2-5-17(12-14)25-21(28)19(20(27)23-22(25)29)13-16-6-3-11-24(16)15-7-9-18(26)10-8-15/h2-13,26H,1H3,(H,23,27,29)/b19-13+. The van der Waals surface area contributed by atoms with Crippen LogP contribution in [0.4, 0.5) is 5.69 Å². The molecule has 144 valence electrons. The normalized spacial score (nSPS) is 15.7. The number of carbonyl (C=O) groups is 2. The van der Waals surface area contributed by atoms with E-state index in [1.54, 1.807) is 36.4 Å². The Bertz CT molecular complexity index is 1160. The van der Waals surface area contributed by atoms with Gasteiger partial charge in [0.1, 0.15) is 11.3 Å². The van der Waals surface area contributed by atoms with E-state index < -0.39 is 11.8 Å². The van der Waals surface area contributed by atoms with E-state index in [2.05, 4.69) is 5.32 Å². The molecule has 1 aliphatic rings. The van der Waals surface area contributed by atoms with Gasteiger partial charge in [0.05, 0.1) is 5.69 Å². The number of benzene rings is 2. The number of rotatable bonds is 3. The lowest BCUT2D eigenvalue weighted by molar-refractivity contribution is -0.122. The van der Waals surface area contributed by atoms with Crippen LogP contribution in [0.1, 0.15) is 11.3 Å². The molecule has 0 spiro atoms. The maximum Gasteiger partial charge on any atom is 0.270 e. The molecule has 2 N–H and O–H groups in total. The van der Waals surface area contributed by atoms with Gasteiger partial charge in [-0.05, 0) is 79.3 Å². The number of amides is 2. The van der Waals surface area contributed by atoms with E-state index in [1.165, 1.54) is 11.0 Å². The number of aromatic nitrogens is 1. The van der Waals surface area contributed by atoms with Gasteiger partial charge in [-0.25, -0.2) is 0 Å². The average Bonchev–Trinajstić information content (AvgIpc) is 3.14. The summed E-state index contributed by atoms with van der Waals surface area (Å²) in [6.07, 6.45) is 3.35. The molecule has 0 radical (unpaired) electrons.